The van der Waals surface area contributed by atoms with Gasteiger partial charge in [0.25, 0.3) is 0 Å². The fraction of sp³-hybridized carbons (Fsp3) is 0.677. The van der Waals surface area contributed by atoms with Gasteiger partial charge >= 0.3 is 0 Å². The van der Waals surface area contributed by atoms with Gasteiger partial charge in [-0.15, -0.1) is 0 Å². The van der Waals surface area contributed by atoms with Crippen molar-refractivity contribution in [3.8, 4) is 11.8 Å². The van der Waals surface area contributed by atoms with Gasteiger partial charge in [0, 0.05) is 26.7 Å². The molecule has 214 valence electrons. The highest BCUT2D eigenvalue weighted by atomic mass is 16.7. The first kappa shape index (κ1) is 32.5. The van der Waals surface area contributed by atoms with Gasteiger partial charge in [0.2, 0.25) is 0 Å². The lowest BCUT2D eigenvalue weighted by molar-refractivity contribution is -0.233. The molecule has 0 bridgehead atoms. The Morgan fingerprint density at radius 3 is 2.74 bits per heavy atom. The van der Waals surface area contributed by atoms with E-state index in [0.717, 1.165) is 38.7 Å². The summed E-state index contributed by atoms with van der Waals surface area (Å²) in [4.78, 5) is 0. The summed E-state index contributed by atoms with van der Waals surface area (Å²) >= 11 is 0. The number of rotatable bonds is 18. The van der Waals surface area contributed by atoms with E-state index in [4.69, 9.17) is 33.2 Å². The van der Waals surface area contributed by atoms with E-state index in [1.54, 1.807) is 7.11 Å². The maximum atomic E-state index is 6.36. The highest BCUT2D eigenvalue weighted by Crippen LogP contribution is 2.29. The van der Waals surface area contributed by atoms with Crippen LogP contribution in [0.1, 0.15) is 71.8 Å². The molecular formula is C31H48O7. The number of hydrogen-bond acceptors (Lipinski definition) is 7. The minimum Gasteiger partial charge on any atom is -0.373 e. The van der Waals surface area contributed by atoms with E-state index in [1.165, 1.54) is 11.1 Å². The van der Waals surface area contributed by atoms with Gasteiger partial charge in [0.15, 0.2) is 12.6 Å². The smallest absolute Gasteiger partial charge is 0.158 e. The van der Waals surface area contributed by atoms with E-state index in [9.17, 15) is 0 Å². The molecule has 1 saturated heterocycles. The fourth-order valence-electron chi connectivity index (χ4n) is 4.15. The Hall–Kier alpha value is -1.76. The van der Waals surface area contributed by atoms with E-state index >= 15 is 0 Å². The Morgan fingerprint density at radius 1 is 1.21 bits per heavy atom. The SMILES string of the molecule is CCOC(C)O[C@H](CC/C(C)=C/COCc1ccccc1)[C@@](C)(CC#CCOC1CCCCO1)OCOC. The maximum absolute atomic E-state index is 6.36. The van der Waals surface area contributed by atoms with Gasteiger partial charge in [-0.25, -0.2) is 0 Å². The Labute approximate surface area is 230 Å². The third kappa shape index (κ3) is 13.3. The highest BCUT2D eigenvalue weighted by Gasteiger charge is 2.37. The van der Waals surface area contributed by atoms with Crippen molar-refractivity contribution in [3.05, 3.63) is 47.5 Å². The predicted molar refractivity (Wildman–Crippen MR) is 148 cm³/mol. The number of hydrogen-bond donors (Lipinski definition) is 0. The van der Waals surface area contributed by atoms with Crippen molar-refractivity contribution in [2.75, 3.05) is 40.3 Å². The van der Waals surface area contributed by atoms with Gasteiger partial charge in [0.1, 0.15) is 19.0 Å². The van der Waals surface area contributed by atoms with Crippen LogP contribution in [0, 0.1) is 11.8 Å². The third-order valence-corrected chi connectivity index (χ3v) is 6.45. The highest BCUT2D eigenvalue weighted by molar-refractivity contribution is 5.13. The van der Waals surface area contributed by atoms with Crippen molar-refractivity contribution < 1.29 is 33.2 Å². The molecule has 7 nitrogen and oxygen atoms in total. The molecule has 0 radical (unpaired) electrons. The first-order valence-corrected chi connectivity index (χ1v) is 13.8. The first-order chi connectivity index (χ1) is 18.5. The lowest BCUT2D eigenvalue weighted by Crippen LogP contribution is -2.46. The van der Waals surface area contributed by atoms with Gasteiger partial charge in [-0.2, -0.15) is 0 Å². The van der Waals surface area contributed by atoms with E-state index in [2.05, 4.69) is 37.0 Å². The van der Waals surface area contributed by atoms with Crippen LogP contribution >= 0.6 is 0 Å². The fourth-order valence-corrected chi connectivity index (χ4v) is 4.15. The second-order valence-corrected chi connectivity index (χ2v) is 9.74. The summed E-state index contributed by atoms with van der Waals surface area (Å²) in [6.45, 7) is 11.0. The van der Waals surface area contributed by atoms with Crippen molar-refractivity contribution in [2.24, 2.45) is 0 Å². The van der Waals surface area contributed by atoms with E-state index in [-0.39, 0.29) is 25.5 Å². The van der Waals surface area contributed by atoms with Gasteiger partial charge < -0.3 is 33.2 Å². The largest absolute Gasteiger partial charge is 0.373 e. The molecule has 0 aromatic heterocycles. The van der Waals surface area contributed by atoms with Gasteiger partial charge in [-0.3, -0.25) is 0 Å². The molecule has 1 heterocycles. The monoisotopic (exact) mass is 532 g/mol. The second-order valence-electron chi connectivity index (χ2n) is 9.74. The normalized spacial score (nSPS) is 19.3. The molecule has 1 aromatic rings. The van der Waals surface area contributed by atoms with Crippen molar-refractivity contribution in [2.45, 2.75) is 97.1 Å². The lowest BCUT2D eigenvalue weighted by atomic mass is 9.90. The molecule has 0 saturated carbocycles. The van der Waals surface area contributed by atoms with Crippen LogP contribution in [-0.4, -0.2) is 64.6 Å². The average Bonchev–Trinajstić information content (AvgIpc) is 2.93. The van der Waals surface area contributed by atoms with Crippen molar-refractivity contribution in [1.82, 2.24) is 0 Å². The average molecular weight is 533 g/mol. The Morgan fingerprint density at radius 2 is 2.03 bits per heavy atom. The summed E-state index contributed by atoms with van der Waals surface area (Å²) in [5.41, 5.74) is 1.71. The van der Waals surface area contributed by atoms with Gasteiger partial charge in [-0.05, 0) is 65.4 Å². The third-order valence-electron chi connectivity index (χ3n) is 6.45. The van der Waals surface area contributed by atoms with Crippen molar-refractivity contribution >= 4 is 0 Å². The second kappa shape index (κ2) is 19.3. The molecule has 0 N–H and O–H groups in total. The topological polar surface area (TPSA) is 64.6 Å². The van der Waals surface area contributed by atoms with Crippen LogP contribution in [-0.2, 0) is 39.8 Å². The zero-order valence-electron chi connectivity index (χ0n) is 24.0. The van der Waals surface area contributed by atoms with Crippen LogP contribution in [0.4, 0.5) is 0 Å². The quantitative estimate of drug-likeness (QED) is 0.0992. The molecule has 1 aliphatic heterocycles. The number of benzene rings is 1. The molecule has 2 unspecified atom stereocenters. The summed E-state index contributed by atoms with van der Waals surface area (Å²) in [5, 5.41) is 0. The summed E-state index contributed by atoms with van der Waals surface area (Å²) in [6.07, 6.45) is 6.55. The van der Waals surface area contributed by atoms with E-state index in [1.807, 2.05) is 39.0 Å². The van der Waals surface area contributed by atoms with E-state index in [0.29, 0.717) is 32.8 Å². The first-order valence-electron chi connectivity index (χ1n) is 13.8. The van der Waals surface area contributed by atoms with Crippen LogP contribution in [0.2, 0.25) is 0 Å². The molecule has 0 spiro atoms. The summed E-state index contributed by atoms with van der Waals surface area (Å²) < 4.78 is 40.7. The summed E-state index contributed by atoms with van der Waals surface area (Å²) in [6, 6.07) is 10.2. The Bertz CT molecular complexity index is 826. The minimum atomic E-state index is -0.695. The van der Waals surface area contributed by atoms with Crippen LogP contribution in [0.3, 0.4) is 0 Å². The van der Waals surface area contributed by atoms with Crippen LogP contribution in [0.5, 0.6) is 0 Å². The maximum Gasteiger partial charge on any atom is 0.158 e. The predicted octanol–water partition coefficient (Wildman–Crippen LogP) is 6.01. The molecule has 7 heteroatoms. The van der Waals surface area contributed by atoms with Crippen LogP contribution < -0.4 is 0 Å². The molecule has 1 aliphatic rings. The molecule has 4 atom stereocenters. The number of methoxy groups -OCH3 is 1. The number of allylic oxidation sites excluding steroid dienone is 1. The Kier molecular flexibility index (Phi) is 16.5. The molecular weight excluding hydrogens is 484 g/mol. The van der Waals surface area contributed by atoms with Crippen molar-refractivity contribution in [3.63, 3.8) is 0 Å². The molecule has 2 rings (SSSR count). The minimum absolute atomic E-state index is 0.148. The lowest BCUT2D eigenvalue weighted by Gasteiger charge is -2.37. The molecule has 1 fully saturated rings. The molecule has 0 aliphatic carbocycles. The molecule has 1 aromatic carbocycles. The summed E-state index contributed by atoms with van der Waals surface area (Å²) in [5.74, 6) is 6.36. The van der Waals surface area contributed by atoms with E-state index < -0.39 is 5.60 Å². The molecule has 38 heavy (non-hydrogen) atoms. The van der Waals surface area contributed by atoms with Gasteiger partial charge in [0.05, 0.1) is 19.3 Å². The zero-order chi connectivity index (χ0) is 27.5. The number of ether oxygens (including phenoxy) is 7. The van der Waals surface area contributed by atoms with Crippen LogP contribution in [0.25, 0.3) is 0 Å². The molecule has 0 amide bonds. The van der Waals surface area contributed by atoms with Gasteiger partial charge in [-0.1, -0.05) is 53.8 Å². The van der Waals surface area contributed by atoms with Crippen molar-refractivity contribution in [1.29, 1.82) is 0 Å². The Balaban J connectivity index is 1.96. The summed E-state index contributed by atoms with van der Waals surface area (Å²) in [7, 11) is 1.62. The zero-order valence-corrected chi connectivity index (χ0v) is 24.0. The van der Waals surface area contributed by atoms with Crippen LogP contribution in [0.15, 0.2) is 42.0 Å². The standard InChI is InChI=1S/C31H48O7/c1-6-34-27(3)38-29(18-17-26(2)19-23-33-24-28-14-8-7-9-15-28)31(4,37-25-32-5)20-11-13-22-36-30-16-10-12-21-35-30/h7-9,14-15,19,27,29-30H,6,10,12,16-18,20-25H2,1-5H3/b26-19+/t27?,29-,30?,31-/m1/s1.